The van der Waals surface area contributed by atoms with Crippen LogP contribution < -0.4 is 15.4 Å². The zero-order valence-corrected chi connectivity index (χ0v) is 21.4. The first kappa shape index (κ1) is 27.1. The average Bonchev–Trinajstić information content (AvgIpc) is 2.88. The van der Waals surface area contributed by atoms with Crippen molar-refractivity contribution in [3.63, 3.8) is 0 Å². The van der Waals surface area contributed by atoms with Crippen molar-refractivity contribution in [3.05, 3.63) is 65.7 Å². The number of rotatable bonds is 11. The standard InChI is InChI=1S/C27H33N3O5S/c1-2-3-9-17-34-23-13-8-7-12-21(23)25(32)29-27(36)30-16-15-28-26(33)22(30)19-24(31)35-18-14-20-10-5-4-6-11-20/h4-8,10-13,22H,2-3,9,14-19H2,1H3,(H,28,33)(H,29,32,36). The third-order valence-corrected chi connectivity index (χ3v) is 6.14. The summed E-state index contributed by atoms with van der Waals surface area (Å²) < 4.78 is 11.2. The smallest absolute Gasteiger partial charge is 0.308 e. The van der Waals surface area contributed by atoms with E-state index in [1.165, 1.54) is 0 Å². The molecule has 1 fully saturated rings. The van der Waals surface area contributed by atoms with E-state index in [1.54, 1.807) is 29.2 Å². The Morgan fingerprint density at radius 2 is 1.83 bits per heavy atom. The minimum atomic E-state index is -0.865. The number of para-hydroxylation sites is 1. The first-order valence-corrected chi connectivity index (χ1v) is 12.7. The molecule has 0 radical (unpaired) electrons. The first-order chi connectivity index (χ1) is 17.5. The molecular weight excluding hydrogens is 478 g/mol. The first-order valence-electron chi connectivity index (χ1n) is 12.3. The molecule has 1 unspecified atom stereocenters. The van der Waals surface area contributed by atoms with E-state index in [-0.39, 0.29) is 24.0 Å². The Balaban J connectivity index is 1.57. The molecule has 2 amide bonds. The van der Waals surface area contributed by atoms with Gasteiger partial charge in [-0.1, -0.05) is 62.2 Å². The van der Waals surface area contributed by atoms with Gasteiger partial charge in [-0.3, -0.25) is 19.7 Å². The Labute approximate surface area is 217 Å². The highest BCUT2D eigenvalue weighted by molar-refractivity contribution is 7.80. The van der Waals surface area contributed by atoms with Gasteiger partial charge >= 0.3 is 5.97 Å². The third-order valence-electron chi connectivity index (χ3n) is 5.81. The molecule has 0 aromatic heterocycles. The molecule has 0 saturated carbocycles. The molecule has 2 aromatic carbocycles. The molecule has 1 aliphatic rings. The van der Waals surface area contributed by atoms with Crippen molar-refractivity contribution in [3.8, 4) is 5.75 Å². The number of nitrogens with one attached hydrogen (secondary N) is 2. The quantitative estimate of drug-likeness (QED) is 0.272. The lowest BCUT2D eigenvalue weighted by molar-refractivity contribution is -0.147. The van der Waals surface area contributed by atoms with Crippen LogP contribution in [-0.2, 0) is 20.7 Å². The predicted molar refractivity (Wildman–Crippen MR) is 141 cm³/mol. The van der Waals surface area contributed by atoms with E-state index in [2.05, 4.69) is 17.6 Å². The maximum atomic E-state index is 13.0. The van der Waals surface area contributed by atoms with Gasteiger partial charge in [0, 0.05) is 19.5 Å². The number of unbranched alkanes of at least 4 members (excludes halogenated alkanes) is 2. The van der Waals surface area contributed by atoms with Crippen LogP contribution in [0.25, 0.3) is 0 Å². The lowest BCUT2D eigenvalue weighted by atomic mass is 10.1. The minimum absolute atomic E-state index is 0.0812. The fraction of sp³-hybridized carbons (Fsp3) is 0.407. The summed E-state index contributed by atoms with van der Waals surface area (Å²) in [6.07, 6.45) is 3.43. The predicted octanol–water partition coefficient (Wildman–Crippen LogP) is 3.25. The number of amides is 2. The van der Waals surface area contributed by atoms with Crippen LogP contribution in [0.1, 0.15) is 48.5 Å². The summed E-state index contributed by atoms with van der Waals surface area (Å²) in [7, 11) is 0. The van der Waals surface area contributed by atoms with Crippen molar-refractivity contribution in [1.82, 2.24) is 15.5 Å². The molecule has 1 atom stereocenters. The number of ether oxygens (including phenoxy) is 2. The van der Waals surface area contributed by atoms with Crippen LogP contribution in [0, 0.1) is 0 Å². The number of hydrogen-bond donors (Lipinski definition) is 2. The molecule has 1 heterocycles. The second-order valence-electron chi connectivity index (χ2n) is 8.47. The van der Waals surface area contributed by atoms with Gasteiger partial charge in [0.05, 0.1) is 25.2 Å². The van der Waals surface area contributed by atoms with Crippen LogP contribution in [-0.4, -0.2) is 60.1 Å². The highest BCUT2D eigenvalue weighted by Crippen LogP contribution is 2.19. The Hall–Kier alpha value is -3.46. The molecule has 1 saturated heterocycles. The highest BCUT2D eigenvalue weighted by Gasteiger charge is 2.34. The molecule has 36 heavy (non-hydrogen) atoms. The maximum Gasteiger partial charge on any atom is 0.308 e. The van der Waals surface area contributed by atoms with Crippen LogP contribution in [0.5, 0.6) is 5.75 Å². The Morgan fingerprint density at radius 1 is 1.08 bits per heavy atom. The Morgan fingerprint density at radius 3 is 2.61 bits per heavy atom. The van der Waals surface area contributed by atoms with Crippen LogP contribution in [0.2, 0.25) is 0 Å². The molecule has 192 valence electrons. The highest BCUT2D eigenvalue weighted by atomic mass is 32.1. The number of benzene rings is 2. The maximum absolute atomic E-state index is 13.0. The van der Waals surface area contributed by atoms with Gasteiger partial charge in [0.1, 0.15) is 11.8 Å². The summed E-state index contributed by atoms with van der Waals surface area (Å²) >= 11 is 5.47. The summed E-state index contributed by atoms with van der Waals surface area (Å²) in [6, 6.07) is 15.8. The summed E-state index contributed by atoms with van der Waals surface area (Å²) in [6.45, 7) is 3.56. The van der Waals surface area contributed by atoms with E-state index in [0.717, 1.165) is 24.8 Å². The molecule has 0 bridgehead atoms. The normalized spacial score (nSPS) is 15.1. The molecular formula is C27H33N3O5S. The zero-order chi connectivity index (χ0) is 25.8. The Kier molecular flexibility index (Phi) is 10.7. The fourth-order valence-electron chi connectivity index (χ4n) is 3.86. The van der Waals surface area contributed by atoms with E-state index < -0.39 is 17.9 Å². The number of nitrogens with zero attached hydrogens (tertiary/aromatic N) is 1. The largest absolute Gasteiger partial charge is 0.493 e. The van der Waals surface area contributed by atoms with E-state index in [1.807, 2.05) is 30.3 Å². The lowest BCUT2D eigenvalue weighted by Gasteiger charge is -2.36. The monoisotopic (exact) mass is 511 g/mol. The second kappa shape index (κ2) is 14.2. The summed E-state index contributed by atoms with van der Waals surface area (Å²) in [4.78, 5) is 39.6. The number of carbonyl (C=O) groups is 3. The zero-order valence-electron chi connectivity index (χ0n) is 20.5. The third kappa shape index (κ3) is 8.05. The van der Waals surface area contributed by atoms with Crippen molar-refractivity contribution in [2.24, 2.45) is 0 Å². The van der Waals surface area contributed by atoms with Gasteiger partial charge in [-0.2, -0.15) is 0 Å². The van der Waals surface area contributed by atoms with Gasteiger partial charge in [-0.15, -0.1) is 0 Å². The minimum Gasteiger partial charge on any atom is -0.493 e. The average molecular weight is 512 g/mol. The molecule has 2 aromatic rings. The van der Waals surface area contributed by atoms with Crippen LogP contribution in [0.3, 0.4) is 0 Å². The molecule has 8 nitrogen and oxygen atoms in total. The summed E-state index contributed by atoms with van der Waals surface area (Å²) in [5.74, 6) is -0.791. The number of thiocarbonyl (C=S) groups is 1. The van der Waals surface area contributed by atoms with Crippen LogP contribution >= 0.6 is 12.2 Å². The van der Waals surface area contributed by atoms with E-state index >= 15 is 0 Å². The molecule has 1 aliphatic heterocycles. The number of hydrogen-bond acceptors (Lipinski definition) is 6. The Bertz CT molecular complexity index is 1050. The van der Waals surface area contributed by atoms with Gasteiger partial charge < -0.3 is 19.7 Å². The molecule has 0 aliphatic carbocycles. The summed E-state index contributed by atoms with van der Waals surface area (Å²) in [5.41, 5.74) is 1.41. The van der Waals surface area contributed by atoms with Crippen LogP contribution in [0.4, 0.5) is 0 Å². The summed E-state index contributed by atoms with van der Waals surface area (Å²) in [5, 5.41) is 5.54. The van der Waals surface area contributed by atoms with Crippen molar-refractivity contribution in [1.29, 1.82) is 0 Å². The van der Waals surface area contributed by atoms with Crippen molar-refractivity contribution < 1.29 is 23.9 Å². The van der Waals surface area contributed by atoms with E-state index in [4.69, 9.17) is 21.7 Å². The fourth-order valence-corrected chi connectivity index (χ4v) is 4.17. The van der Waals surface area contributed by atoms with E-state index in [0.29, 0.717) is 37.4 Å². The van der Waals surface area contributed by atoms with Crippen molar-refractivity contribution in [2.45, 2.75) is 45.1 Å². The van der Waals surface area contributed by atoms with Crippen LogP contribution in [0.15, 0.2) is 54.6 Å². The molecule has 0 spiro atoms. The van der Waals surface area contributed by atoms with E-state index in [9.17, 15) is 14.4 Å². The van der Waals surface area contributed by atoms with Crippen molar-refractivity contribution in [2.75, 3.05) is 26.3 Å². The topological polar surface area (TPSA) is 97.0 Å². The molecule has 2 N–H and O–H groups in total. The van der Waals surface area contributed by atoms with Crippen molar-refractivity contribution >= 4 is 35.1 Å². The van der Waals surface area contributed by atoms with Gasteiger partial charge in [0.25, 0.3) is 5.91 Å². The van der Waals surface area contributed by atoms with Gasteiger partial charge in [-0.05, 0) is 36.3 Å². The lowest BCUT2D eigenvalue weighted by Crippen LogP contribution is -2.60. The molecule has 9 heteroatoms. The van der Waals surface area contributed by atoms with Gasteiger partial charge in [0.15, 0.2) is 5.11 Å². The SMILES string of the molecule is CCCCCOc1ccccc1C(=O)NC(=S)N1CCNC(=O)C1CC(=O)OCCc1ccccc1. The molecule has 3 rings (SSSR count). The van der Waals surface area contributed by atoms with Gasteiger partial charge in [-0.25, -0.2) is 0 Å². The number of carbonyl (C=O) groups excluding carboxylic acids is 3. The van der Waals surface area contributed by atoms with Gasteiger partial charge in [0.2, 0.25) is 5.91 Å². The number of esters is 1. The number of piperazine rings is 1. The second-order valence-corrected chi connectivity index (χ2v) is 8.86.